The number of likely N-dealkylation sites (N-methyl/N-ethyl adjacent to an activating group) is 1. The first-order valence-corrected chi connectivity index (χ1v) is 10.1. The van der Waals surface area contributed by atoms with Gasteiger partial charge in [0.25, 0.3) is 0 Å². The van der Waals surface area contributed by atoms with E-state index in [1.54, 1.807) is 0 Å². The van der Waals surface area contributed by atoms with E-state index < -0.39 is 0 Å². The van der Waals surface area contributed by atoms with Crippen LogP contribution in [0.2, 0.25) is 0 Å². The summed E-state index contributed by atoms with van der Waals surface area (Å²) in [4.78, 5) is 9.89. The Labute approximate surface area is 165 Å². The van der Waals surface area contributed by atoms with Crippen LogP contribution in [-0.2, 0) is 0 Å². The van der Waals surface area contributed by atoms with Crippen LogP contribution < -0.4 is 5.32 Å². The number of benzene rings is 3. The fourth-order valence-electron chi connectivity index (χ4n) is 4.26. The van der Waals surface area contributed by atoms with E-state index in [0.717, 1.165) is 50.3 Å². The lowest BCUT2D eigenvalue weighted by atomic mass is 10.0. The number of hydrogen-bond donors (Lipinski definition) is 1. The van der Waals surface area contributed by atoms with Gasteiger partial charge in [0.1, 0.15) is 0 Å². The van der Waals surface area contributed by atoms with Crippen LogP contribution in [0.5, 0.6) is 0 Å². The number of para-hydroxylation sites is 1. The normalized spacial score (nSPS) is 16.2. The quantitative estimate of drug-likeness (QED) is 0.431. The molecule has 1 saturated heterocycles. The van der Waals surface area contributed by atoms with Gasteiger partial charge in [-0.1, -0.05) is 48.5 Å². The van der Waals surface area contributed by atoms with Crippen molar-refractivity contribution in [2.75, 3.05) is 51.6 Å². The van der Waals surface area contributed by atoms with E-state index in [-0.39, 0.29) is 0 Å². The highest BCUT2D eigenvalue weighted by atomic mass is 15.2. The first-order valence-electron chi connectivity index (χ1n) is 10.1. The molecule has 0 amide bonds. The van der Waals surface area contributed by atoms with Crippen molar-refractivity contribution in [3.63, 3.8) is 0 Å². The van der Waals surface area contributed by atoms with E-state index >= 15 is 0 Å². The Morgan fingerprint density at radius 2 is 1.57 bits per heavy atom. The Kier molecular flexibility index (Phi) is 4.59. The third-order valence-corrected chi connectivity index (χ3v) is 5.90. The van der Waals surface area contributed by atoms with Crippen LogP contribution in [0, 0.1) is 0 Å². The van der Waals surface area contributed by atoms with Crippen molar-refractivity contribution in [1.29, 1.82) is 0 Å². The van der Waals surface area contributed by atoms with Gasteiger partial charge in [0, 0.05) is 50.0 Å². The molecule has 0 unspecified atom stereocenters. The van der Waals surface area contributed by atoms with Crippen molar-refractivity contribution in [2.45, 2.75) is 0 Å². The third kappa shape index (κ3) is 3.19. The summed E-state index contributed by atoms with van der Waals surface area (Å²) in [5, 5.41) is 8.74. The Balaban J connectivity index is 1.55. The molecule has 3 aromatic carbocycles. The highest BCUT2D eigenvalue weighted by Gasteiger charge is 2.15. The Morgan fingerprint density at radius 3 is 2.43 bits per heavy atom. The summed E-state index contributed by atoms with van der Waals surface area (Å²) in [6.07, 6.45) is 0. The Hall–Kier alpha value is -2.69. The number of anilines is 1. The molecule has 1 aliphatic rings. The van der Waals surface area contributed by atoms with Crippen LogP contribution in [0.15, 0.2) is 60.7 Å². The van der Waals surface area contributed by atoms with Crippen LogP contribution in [0.1, 0.15) is 0 Å². The van der Waals surface area contributed by atoms with Crippen molar-refractivity contribution in [2.24, 2.45) is 0 Å². The average Bonchev–Trinajstić information content (AvgIpc) is 2.74. The van der Waals surface area contributed by atoms with E-state index in [2.05, 4.69) is 82.8 Å². The topological polar surface area (TPSA) is 31.4 Å². The van der Waals surface area contributed by atoms with E-state index in [0.29, 0.717) is 0 Å². The Bertz CT molecular complexity index is 1130. The minimum atomic E-state index is 0.941. The standard InChI is InChI=1S/C24H26N4/c1-27-14-16-28(17-15-27)13-12-25-24-20-8-4-5-9-21(20)26-22-11-10-18-6-2-3-7-19(18)23(22)24/h2-11H,12-17H2,1H3,(H,25,26). The van der Waals surface area contributed by atoms with Crippen molar-refractivity contribution >= 4 is 38.3 Å². The molecule has 0 saturated carbocycles. The zero-order valence-corrected chi connectivity index (χ0v) is 16.4. The van der Waals surface area contributed by atoms with Gasteiger partial charge in [-0.15, -0.1) is 0 Å². The van der Waals surface area contributed by atoms with E-state index in [9.17, 15) is 0 Å². The van der Waals surface area contributed by atoms with Gasteiger partial charge in [0.2, 0.25) is 0 Å². The second-order valence-electron chi connectivity index (χ2n) is 7.76. The van der Waals surface area contributed by atoms with Crippen LogP contribution in [0.3, 0.4) is 0 Å². The summed E-state index contributed by atoms with van der Waals surface area (Å²) in [5.41, 5.74) is 3.32. The fourth-order valence-corrected chi connectivity index (χ4v) is 4.26. The molecule has 1 fully saturated rings. The number of pyridine rings is 1. The van der Waals surface area contributed by atoms with Crippen molar-refractivity contribution in [3.05, 3.63) is 60.7 Å². The van der Waals surface area contributed by atoms with Gasteiger partial charge in [0.05, 0.1) is 16.7 Å². The second-order valence-corrected chi connectivity index (χ2v) is 7.76. The molecule has 5 rings (SSSR count). The number of nitrogens with zero attached hydrogens (tertiary/aromatic N) is 3. The van der Waals surface area contributed by atoms with Crippen LogP contribution >= 0.6 is 0 Å². The molecule has 0 radical (unpaired) electrons. The van der Waals surface area contributed by atoms with E-state index in [1.165, 1.54) is 27.2 Å². The minimum Gasteiger partial charge on any atom is -0.383 e. The molecule has 1 aromatic heterocycles. The van der Waals surface area contributed by atoms with Crippen LogP contribution in [-0.4, -0.2) is 61.1 Å². The van der Waals surface area contributed by atoms with Gasteiger partial charge in [0.15, 0.2) is 0 Å². The molecule has 28 heavy (non-hydrogen) atoms. The Morgan fingerprint density at radius 1 is 0.821 bits per heavy atom. The van der Waals surface area contributed by atoms with Gasteiger partial charge >= 0.3 is 0 Å². The number of aromatic nitrogens is 1. The number of piperazine rings is 1. The molecule has 1 aliphatic heterocycles. The van der Waals surface area contributed by atoms with Crippen LogP contribution in [0.4, 0.5) is 5.69 Å². The average molecular weight is 371 g/mol. The van der Waals surface area contributed by atoms with Crippen LogP contribution in [0.25, 0.3) is 32.6 Å². The molecule has 4 heteroatoms. The number of hydrogen-bond acceptors (Lipinski definition) is 4. The first-order chi connectivity index (χ1) is 13.8. The lowest BCUT2D eigenvalue weighted by molar-refractivity contribution is 0.158. The third-order valence-electron chi connectivity index (χ3n) is 5.90. The van der Waals surface area contributed by atoms with Gasteiger partial charge in [-0.3, -0.25) is 4.90 Å². The summed E-state index contributed by atoms with van der Waals surface area (Å²) >= 11 is 0. The highest BCUT2D eigenvalue weighted by Crippen LogP contribution is 2.35. The first kappa shape index (κ1) is 17.4. The van der Waals surface area contributed by atoms with Gasteiger partial charge < -0.3 is 10.2 Å². The van der Waals surface area contributed by atoms with E-state index in [4.69, 9.17) is 4.98 Å². The summed E-state index contributed by atoms with van der Waals surface area (Å²) in [6.45, 7) is 6.63. The summed E-state index contributed by atoms with van der Waals surface area (Å²) in [6, 6.07) is 21.4. The molecule has 0 bridgehead atoms. The SMILES string of the molecule is CN1CCN(CCNc2c3ccccc3nc3ccc4ccccc4c23)CC1. The summed E-state index contributed by atoms with van der Waals surface area (Å²) < 4.78 is 0. The predicted octanol–water partition coefficient (Wildman–Crippen LogP) is 4.20. The maximum atomic E-state index is 4.94. The molecule has 4 nitrogen and oxygen atoms in total. The van der Waals surface area contributed by atoms with Gasteiger partial charge in [-0.05, 0) is 30.0 Å². The number of rotatable bonds is 4. The predicted molar refractivity (Wildman–Crippen MR) is 119 cm³/mol. The molecule has 2 heterocycles. The minimum absolute atomic E-state index is 0.941. The lowest BCUT2D eigenvalue weighted by Crippen LogP contribution is -2.45. The maximum Gasteiger partial charge on any atom is 0.0737 e. The number of fused-ring (bicyclic) bond motifs is 4. The fraction of sp³-hybridized carbons (Fsp3) is 0.292. The summed E-state index contributed by atoms with van der Waals surface area (Å²) in [5.74, 6) is 0. The zero-order valence-electron chi connectivity index (χ0n) is 16.4. The smallest absolute Gasteiger partial charge is 0.0737 e. The zero-order chi connectivity index (χ0) is 18.9. The molecule has 0 aliphatic carbocycles. The molecular formula is C24H26N4. The monoisotopic (exact) mass is 370 g/mol. The maximum absolute atomic E-state index is 4.94. The van der Waals surface area contributed by atoms with Crippen molar-refractivity contribution in [1.82, 2.24) is 14.8 Å². The van der Waals surface area contributed by atoms with Crippen molar-refractivity contribution in [3.8, 4) is 0 Å². The second kappa shape index (κ2) is 7.38. The largest absolute Gasteiger partial charge is 0.383 e. The molecule has 0 spiro atoms. The molecule has 0 atom stereocenters. The van der Waals surface area contributed by atoms with E-state index in [1.807, 2.05) is 0 Å². The molecule has 4 aromatic rings. The van der Waals surface area contributed by atoms with Gasteiger partial charge in [-0.25, -0.2) is 4.98 Å². The highest BCUT2D eigenvalue weighted by molar-refractivity contribution is 6.18. The van der Waals surface area contributed by atoms with Crippen molar-refractivity contribution < 1.29 is 0 Å². The molecular weight excluding hydrogens is 344 g/mol. The summed E-state index contributed by atoms with van der Waals surface area (Å²) in [7, 11) is 2.20. The molecule has 142 valence electrons. The molecule has 1 N–H and O–H groups in total. The number of nitrogens with one attached hydrogen (secondary N) is 1. The lowest BCUT2D eigenvalue weighted by Gasteiger charge is -2.32. The van der Waals surface area contributed by atoms with Gasteiger partial charge in [-0.2, -0.15) is 0 Å².